The van der Waals surface area contributed by atoms with E-state index in [9.17, 15) is 14.4 Å². The number of hydrogen-bond donors (Lipinski definition) is 2. The van der Waals surface area contributed by atoms with Crippen molar-refractivity contribution in [2.75, 3.05) is 19.0 Å². The molecule has 0 spiro atoms. The number of nitrogens with one attached hydrogen (secondary N) is 1. The Kier molecular flexibility index (Phi) is 6.04. The smallest absolute Gasteiger partial charge is 0.313 e. The Morgan fingerprint density at radius 3 is 2.78 bits per heavy atom. The molecule has 0 unspecified atom stereocenters. The summed E-state index contributed by atoms with van der Waals surface area (Å²) in [6, 6.07) is 7.12. The van der Waals surface area contributed by atoms with Gasteiger partial charge in [-0.1, -0.05) is 13.0 Å². The van der Waals surface area contributed by atoms with Crippen molar-refractivity contribution in [3.8, 4) is 5.88 Å². The summed E-state index contributed by atoms with van der Waals surface area (Å²) in [6.45, 7) is 2.51. The van der Waals surface area contributed by atoms with Crippen LogP contribution in [0, 0.1) is 5.92 Å². The van der Waals surface area contributed by atoms with Gasteiger partial charge in [0.25, 0.3) is 5.91 Å². The third-order valence-corrected chi connectivity index (χ3v) is 6.43. The second kappa shape index (κ2) is 8.91. The zero-order valence-corrected chi connectivity index (χ0v) is 18.5. The number of pyridine rings is 1. The molecule has 3 aromatic rings. The van der Waals surface area contributed by atoms with E-state index < -0.39 is 17.7 Å². The molecule has 1 aliphatic rings. The number of rotatable bonds is 4. The molecule has 1 fully saturated rings. The van der Waals surface area contributed by atoms with E-state index in [0.29, 0.717) is 6.54 Å². The molecule has 166 valence electrons. The number of piperidine rings is 1. The molecule has 2 aromatic heterocycles. The standard InChI is InChI=1S/C22H23N5O4S/c1-12-3-5-16(13-4-6-17-15(9-13)25-11-32-17)27(10-12)22(30)20(29)26-14-7-8-24-21(31-2)18(14)19(23)28/h4,6-9,11-12,16H,3,5,10H2,1-2H3,(H2,23,28)(H,24,26,29)/t12-,16+/m1/s1. The van der Waals surface area contributed by atoms with Crippen LogP contribution in [0.15, 0.2) is 36.0 Å². The van der Waals surface area contributed by atoms with Gasteiger partial charge >= 0.3 is 11.8 Å². The maximum Gasteiger partial charge on any atom is 0.313 e. The SMILES string of the molecule is COc1nccc(NC(=O)C(=O)N2C[C@H](C)CC[C@H]2c2ccc3scnc3c2)c1C(N)=O. The number of nitrogens with two attached hydrogens (primary N) is 1. The number of anilines is 1. The molecular weight excluding hydrogens is 430 g/mol. The molecule has 3 N–H and O–H groups in total. The molecule has 0 bridgehead atoms. The summed E-state index contributed by atoms with van der Waals surface area (Å²) in [5.41, 5.74) is 9.02. The highest BCUT2D eigenvalue weighted by atomic mass is 32.1. The van der Waals surface area contributed by atoms with E-state index in [4.69, 9.17) is 10.5 Å². The number of carbonyl (C=O) groups is 3. The predicted octanol–water partition coefficient (Wildman–Crippen LogP) is 2.74. The monoisotopic (exact) mass is 453 g/mol. The average molecular weight is 454 g/mol. The number of nitrogens with zero attached hydrogens (tertiary/aromatic N) is 3. The lowest BCUT2D eigenvalue weighted by Crippen LogP contribution is -2.46. The number of aromatic nitrogens is 2. The molecular formula is C22H23N5O4S. The summed E-state index contributed by atoms with van der Waals surface area (Å²) in [7, 11) is 1.34. The summed E-state index contributed by atoms with van der Waals surface area (Å²) in [6.07, 6.45) is 3.05. The third-order valence-electron chi connectivity index (χ3n) is 5.62. The highest BCUT2D eigenvalue weighted by Gasteiger charge is 2.35. The first kappa shape index (κ1) is 21.7. The van der Waals surface area contributed by atoms with Crippen LogP contribution >= 0.6 is 11.3 Å². The van der Waals surface area contributed by atoms with Gasteiger partial charge in [-0.3, -0.25) is 14.4 Å². The number of thiazole rings is 1. The molecule has 0 aliphatic carbocycles. The molecule has 3 amide bonds. The molecule has 3 heterocycles. The number of hydrogen-bond acceptors (Lipinski definition) is 7. The zero-order valence-electron chi connectivity index (χ0n) is 17.7. The summed E-state index contributed by atoms with van der Waals surface area (Å²) in [4.78, 5) is 47.9. The number of benzene rings is 1. The lowest BCUT2D eigenvalue weighted by atomic mass is 9.89. The van der Waals surface area contributed by atoms with Crippen molar-refractivity contribution in [2.45, 2.75) is 25.8 Å². The summed E-state index contributed by atoms with van der Waals surface area (Å²) in [5, 5.41) is 2.51. The van der Waals surface area contributed by atoms with E-state index in [0.717, 1.165) is 28.6 Å². The van der Waals surface area contributed by atoms with Crippen LogP contribution in [0.5, 0.6) is 5.88 Å². The van der Waals surface area contributed by atoms with E-state index in [1.54, 1.807) is 21.7 Å². The van der Waals surface area contributed by atoms with Crippen molar-refractivity contribution in [3.63, 3.8) is 0 Å². The molecule has 0 radical (unpaired) electrons. The van der Waals surface area contributed by atoms with Crippen molar-refractivity contribution in [2.24, 2.45) is 11.7 Å². The van der Waals surface area contributed by atoms with Crippen molar-refractivity contribution in [1.82, 2.24) is 14.9 Å². The summed E-state index contributed by atoms with van der Waals surface area (Å²) < 4.78 is 6.13. The van der Waals surface area contributed by atoms with E-state index in [-0.39, 0.29) is 29.1 Å². The van der Waals surface area contributed by atoms with Crippen LogP contribution < -0.4 is 15.8 Å². The molecule has 0 saturated carbocycles. The minimum absolute atomic E-state index is 0.0243. The fourth-order valence-corrected chi connectivity index (χ4v) is 4.71. The third kappa shape index (κ3) is 4.13. The van der Waals surface area contributed by atoms with E-state index in [2.05, 4.69) is 22.2 Å². The van der Waals surface area contributed by atoms with Crippen LogP contribution in [0.2, 0.25) is 0 Å². The quantitative estimate of drug-likeness (QED) is 0.585. The fourth-order valence-electron chi connectivity index (χ4n) is 4.05. The second-order valence-corrected chi connectivity index (χ2v) is 8.68. The van der Waals surface area contributed by atoms with Crippen LogP contribution in [-0.4, -0.2) is 46.2 Å². The lowest BCUT2D eigenvalue weighted by Gasteiger charge is -2.38. The van der Waals surface area contributed by atoms with Gasteiger partial charge in [0, 0.05) is 12.7 Å². The highest BCUT2D eigenvalue weighted by molar-refractivity contribution is 7.16. The van der Waals surface area contributed by atoms with Crippen molar-refractivity contribution in [3.05, 3.63) is 47.1 Å². The number of ether oxygens (including phenoxy) is 1. The van der Waals surface area contributed by atoms with Crippen LogP contribution in [0.3, 0.4) is 0 Å². The van der Waals surface area contributed by atoms with Crippen molar-refractivity contribution < 1.29 is 19.1 Å². The lowest BCUT2D eigenvalue weighted by molar-refractivity contribution is -0.146. The maximum absolute atomic E-state index is 13.2. The molecule has 32 heavy (non-hydrogen) atoms. The molecule has 9 nitrogen and oxygen atoms in total. The van der Waals surface area contributed by atoms with Gasteiger partial charge in [-0.15, -0.1) is 11.3 Å². The first-order valence-electron chi connectivity index (χ1n) is 10.2. The first-order chi connectivity index (χ1) is 15.4. The Hall–Kier alpha value is -3.53. The Morgan fingerprint density at radius 1 is 1.22 bits per heavy atom. The molecule has 1 aliphatic heterocycles. The van der Waals surface area contributed by atoms with Gasteiger partial charge in [-0.05, 0) is 42.5 Å². The Morgan fingerprint density at radius 2 is 2.03 bits per heavy atom. The second-order valence-electron chi connectivity index (χ2n) is 7.80. The van der Waals surface area contributed by atoms with Gasteiger partial charge < -0.3 is 20.7 Å². The number of fused-ring (bicyclic) bond motifs is 1. The van der Waals surface area contributed by atoms with Gasteiger partial charge in [0.15, 0.2) is 0 Å². The number of amides is 3. The van der Waals surface area contributed by atoms with Crippen LogP contribution in [0.1, 0.15) is 41.7 Å². The Labute approximate surface area is 188 Å². The van der Waals surface area contributed by atoms with Crippen molar-refractivity contribution in [1.29, 1.82) is 0 Å². The zero-order chi connectivity index (χ0) is 22.8. The van der Waals surface area contributed by atoms with Gasteiger partial charge in [0.05, 0.1) is 34.6 Å². The minimum Gasteiger partial charge on any atom is -0.480 e. The Bertz CT molecular complexity index is 1190. The van der Waals surface area contributed by atoms with Crippen molar-refractivity contribution >= 4 is 45.0 Å². The largest absolute Gasteiger partial charge is 0.480 e. The molecule has 1 aromatic carbocycles. The van der Waals surface area contributed by atoms with E-state index >= 15 is 0 Å². The summed E-state index contributed by atoms with van der Waals surface area (Å²) in [5.74, 6) is -2.11. The number of methoxy groups -OCH3 is 1. The Balaban J connectivity index is 1.61. The molecule has 10 heteroatoms. The van der Waals surface area contributed by atoms with E-state index in [1.165, 1.54) is 19.4 Å². The van der Waals surface area contributed by atoms with Crippen LogP contribution in [0.25, 0.3) is 10.2 Å². The fraction of sp³-hybridized carbons (Fsp3) is 0.318. The molecule has 1 saturated heterocycles. The topological polar surface area (TPSA) is 128 Å². The molecule has 4 rings (SSSR count). The first-order valence-corrected chi connectivity index (χ1v) is 11.0. The maximum atomic E-state index is 13.2. The minimum atomic E-state index is -0.852. The summed E-state index contributed by atoms with van der Waals surface area (Å²) >= 11 is 1.55. The van der Waals surface area contributed by atoms with Gasteiger partial charge in [0.1, 0.15) is 5.56 Å². The predicted molar refractivity (Wildman–Crippen MR) is 120 cm³/mol. The molecule has 2 atom stereocenters. The highest BCUT2D eigenvalue weighted by Crippen LogP contribution is 2.35. The number of carbonyl (C=O) groups excluding carboxylic acids is 3. The van der Waals surface area contributed by atoms with Crippen LogP contribution in [0.4, 0.5) is 5.69 Å². The van der Waals surface area contributed by atoms with Gasteiger partial charge in [-0.25, -0.2) is 9.97 Å². The number of primary amides is 1. The van der Waals surface area contributed by atoms with Gasteiger partial charge in [-0.2, -0.15) is 0 Å². The van der Waals surface area contributed by atoms with E-state index in [1.807, 2.05) is 18.2 Å². The normalized spacial score (nSPS) is 18.4. The number of likely N-dealkylation sites (tertiary alicyclic amines) is 1. The van der Waals surface area contributed by atoms with Gasteiger partial charge in [0.2, 0.25) is 5.88 Å². The average Bonchev–Trinajstić information content (AvgIpc) is 3.26. The van der Waals surface area contributed by atoms with Crippen LogP contribution in [-0.2, 0) is 9.59 Å².